The van der Waals surface area contributed by atoms with E-state index in [-0.39, 0.29) is 17.3 Å². The van der Waals surface area contributed by atoms with Crippen LogP contribution < -0.4 is 5.32 Å². The van der Waals surface area contributed by atoms with Crippen molar-refractivity contribution in [1.29, 1.82) is 0 Å². The molecule has 1 aliphatic rings. The van der Waals surface area contributed by atoms with Gasteiger partial charge in [0.25, 0.3) is 0 Å². The minimum absolute atomic E-state index is 0.0685. The molecule has 0 aromatic carbocycles. The van der Waals surface area contributed by atoms with Crippen molar-refractivity contribution in [3.63, 3.8) is 0 Å². The number of furan rings is 1. The smallest absolute Gasteiger partial charge is 0.220 e. The lowest BCUT2D eigenvalue weighted by Crippen LogP contribution is -2.42. The third-order valence-electron chi connectivity index (χ3n) is 3.21. The molecule has 0 radical (unpaired) electrons. The molecule has 2 atom stereocenters. The summed E-state index contributed by atoms with van der Waals surface area (Å²) in [4.78, 5) is 11.7. The van der Waals surface area contributed by atoms with E-state index >= 15 is 0 Å². The van der Waals surface area contributed by atoms with Gasteiger partial charge in [0.15, 0.2) is 0 Å². The molecule has 0 bridgehead atoms. The second kappa shape index (κ2) is 6.10. The maximum atomic E-state index is 11.7. The van der Waals surface area contributed by atoms with Crippen LogP contribution in [0.5, 0.6) is 0 Å². The number of rotatable bonds is 4. The predicted molar refractivity (Wildman–Crippen MR) is 67.1 cm³/mol. The van der Waals surface area contributed by atoms with E-state index < -0.39 is 0 Å². The fourth-order valence-corrected chi connectivity index (χ4v) is 2.56. The second-order valence-corrected chi connectivity index (χ2v) is 5.11. The van der Waals surface area contributed by atoms with Gasteiger partial charge in [0.05, 0.1) is 11.6 Å². The number of amides is 1. The zero-order valence-electron chi connectivity index (χ0n) is 9.82. The zero-order chi connectivity index (χ0) is 12.1. The van der Waals surface area contributed by atoms with Crippen molar-refractivity contribution in [3.8, 4) is 0 Å². The fourth-order valence-electron chi connectivity index (χ4n) is 2.22. The first-order chi connectivity index (χ1) is 8.25. The number of hydrogen-bond acceptors (Lipinski definition) is 2. The molecular formula is C13H18ClNO2. The van der Waals surface area contributed by atoms with E-state index in [1.165, 1.54) is 6.42 Å². The lowest BCUT2D eigenvalue weighted by Gasteiger charge is -2.27. The van der Waals surface area contributed by atoms with Crippen molar-refractivity contribution < 1.29 is 9.21 Å². The summed E-state index contributed by atoms with van der Waals surface area (Å²) in [5.74, 6) is 0.921. The van der Waals surface area contributed by atoms with E-state index in [2.05, 4.69) is 5.32 Å². The van der Waals surface area contributed by atoms with Crippen molar-refractivity contribution in [3.05, 3.63) is 24.2 Å². The van der Waals surface area contributed by atoms with Gasteiger partial charge in [-0.2, -0.15) is 0 Å². The molecule has 1 heterocycles. The molecule has 1 N–H and O–H groups in total. The molecule has 1 saturated carbocycles. The van der Waals surface area contributed by atoms with Gasteiger partial charge in [-0.3, -0.25) is 4.79 Å². The Balaban J connectivity index is 1.73. The maximum Gasteiger partial charge on any atom is 0.220 e. The Morgan fingerprint density at radius 3 is 3.00 bits per heavy atom. The summed E-state index contributed by atoms with van der Waals surface area (Å²) in [6, 6.07) is 3.87. The highest BCUT2D eigenvalue weighted by Gasteiger charge is 2.24. The van der Waals surface area contributed by atoms with Gasteiger partial charge >= 0.3 is 0 Å². The number of hydrogen-bond donors (Lipinski definition) is 1. The van der Waals surface area contributed by atoms with Crippen LogP contribution in [-0.2, 0) is 11.2 Å². The average Bonchev–Trinajstić information content (AvgIpc) is 2.82. The molecular weight excluding hydrogens is 238 g/mol. The Kier molecular flexibility index (Phi) is 4.49. The van der Waals surface area contributed by atoms with Gasteiger partial charge in [-0.25, -0.2) is 0 Å². The van der Waals surface area contributed by atoms with Crippen molar-refractivity contribution in [1.82, 2.24) is 5.32 Å². The van der Waals surface area contributed by atoms with Crippen molar-refractivity contribution in [2.24, 2.45) is 0 Å². The molecule has 17 heavy (non-hydrogen) atoms. The molecule has 1 aromatic rings. The third kappa shape index (κ3) is 3.77. The molecule has 1 aromatic heterocycles. The SMILES string of the molecule is O=C(CCc1ccco1)NC1CCCCC1Cl. The first kappa shape index (κ1) is 12.5. The molecule has 0 saturated heterocycles. The topological polar surface area (TPSA) is 42.2 Å². The number of carbonyl (C=O) groups is 1. The Morgan fingerprint density at radius 1 is 1.47 bits per heavy atom. The van der Waals surface area contributed by atoms with Crippen LogP contribution in [0.3, 0.4) is 0 Å². The third-order valence-corrected chi connectivity index (χ3v) is 3.73. The lowest BCUT2D eigenvalue weighted by atomic mass is 9.95. The maximum absolute atomic E-state index is 11.7. The minimum atomic E-state index is 0.0685. The van der Waals surface area contributed by atoms with Gasteiger partial charge in [-0.1, -0.05) is 12.8 Å². The zero-order valence-corrected chi connectivity index (χ0v) is 10.6. The Morgan fingerprint density at radius 2 is 2.29 bits per heavy atom. The van der Waals surface area contributed by atoms with Crippen LogP contribution in [0, 0.1) is 0 Å². The first-order valence-electron chi connectivity index (χ1n) is 6.21. The fraction of sp³-hybridized carbons (Fsp3) is 0.615. The van der Waals surface area contributed by atoms with Gasteiger partial charge < -0.3 is 9.73 Å². The molecule has 0 spiro atoms. The molecule has 1 aliphatic carbocycles. The molecule has 1 amide bonds. The normalized spacial score (nSPS) is 24.5. The summed E-state index contributed by atoms with van der Waals surface area (Å²) in [7, 11) is 0. The summed E-state index contributed by atoms with van der Waals surface area (Å²) in [6.07, 6.45) is 7.08. The Bertz CT molecular complexity index is 350. The Labute approximate surface area is 107 Å². The number of carbonyl (C=O) groups excluding carboxylic acids is 1. The molecule has 2 unspecified atom stereocenters. The largest absolute Gasteiger partial charge is 0.469 e. The van der Waals surface area contributed by atoms with E-state index in [4.69, 9.17) is 16.0 Å². The minimum Gasteiger partial charge on any atom is -0.469 e. The molecule has 94 valence electrons. The van der Waals surface area contributed by atoms with Crippen LogP contribution in [-0.4, -0.2) is 17.3 Å². The van der Waals surface area contributed by atoms with Crippen LogP contribution in [0.15, 0.2) is 22.8 Å². The highest BCUT2D eigenvalue weighted by atomic mass is 35.5. The Hall–Kier alpha value is -0.960. The van der Waals surface area contributed by atoms with E-state index in [0.29, 0.717) is 12.8 Å². The van der Waals surface area contributed by atoms with E-state index in [0.717, 1.165) is 25.0 Å². The van der Waals surface area contributed by atoms with Gasteiger partial charge in [0.1, 0.15) is 5.76 Å². The van der Waals surface area contributed by atoms with E-state index in [9.17, 15) is 4.79 Å². The van der Waals surface area contributed by atoms with Crippen LogP contribution in [0.1, 0.15) is 37.9 Å². The number of nitrogens with one attached hydrogen (secondary N) is 1. The highest BCUT2D eigenvalue weighted by Crippen LogP contribution is 2.23. The predicted octanol–water partition coefficient (Wildman–Crippen LogP) is 2.88. The van der Waals surface area contributed by atoms with Gasteiger partial charge in [-0.05, 0) is 25.0 Å². The van der Waals surface area contributed by atoms with Crippen LogP contribution in [0.4, 0.5) is 0 Å². The van der Waals surface area contributed by atoms with Crippen LogP contribution in [0.2, 0.25) is 0 Å². The quantitative estimate of drug-likeness (QED) is 0.841. The van der Waals surface area contributed by atoms with Gasteiger partial charge in [0.2, 0.25) is 5.91 Å². The summed E-state index contributed by atoms with van der Waals surface area (Å²) < 4.78 is 5.19. The molecule has 2 rings (SSSR count). The van der Waals surface area contributed by atoms with Crippen molar-refractivity contribution in [2.45, 2.75) is 49.9 Å². The van der Waals surface area contributed by atoms with E-state index in [1.54, 1.807) is 6.26 Å². The summed E-state index contributed by atoms with van der Waals surface area (Å²) in [5, 5.41) is 3.11. The van der Waals surface area contributed by atoms with Crippen molar-refractivity contribution >= 4 is 17.5 Å². The number of alkyl halides is 1. The second-order valence-electron chi connectivity index (χ2n) is 4.55. The molecule has 1 fully saturated rings. The van der Waals surface area contributed by atoms with Crippen LogP contribution >= 0.6 is 11.6 Å². The number of aryl methyl sites for hydroxylation is 1. The monoisotopic (exact) mass is 255 g/mol. The highest BCUT2D eigenvalue weighted by molar-refractivity contribution is 6.21. The molecule has 0 aliphatic heterocycles. The summed E-state index contributed by atoms with van der Waals surface area (Å²) in [5.41, 5.74) is 0. The van der Waals surface area contributed by atoms with Gasteiger partial charge in [-0.15, -0.1) is 11.6 Å². The van der Waals surface area contributed by atoms with Crippen LogP contribution in [0.25, 0.3) is 0 Å². The van der Waals surface area contributed by atoms with Gasteiger partial charge in [0, 0.05) is 18.9 Å². The summed E-state index contributed by atoms with van der Waals surface area (Å²) in [6.45, 7) is 0. The first-order valence-corrected chi connectivity index (χ1v) is 6.65. The van der Waals surface area contributed by atoms with Crippen molar-refractivity contribution in [2.75, 3.05) is 0 Å². The summed E-state index contributed by atoms with van der Waals surface area (Å²) >= 11 is 6.19. The standard InChI is InChI=1S/C13H18ClNO2/c14-11-5-1-2-6-12(11)15-13(16)8-7-10-4-3-9-17-10/h3-4,9,11-12H,1-2,5-8H2,(H,15,16). The average molecular weight is 256 g/mol. The van der Waals surface area contributed by atoms with E-state index in [1.807, 2.05) is 12.1 Å². The number of halogens is 1. The molecule has 4 heteroatoms. The lowest BCUT2D eigenvalue weighted by molar-refractivity contribution is -0.122. The molecule has 3 nitrogen and oxygen atoms in total.